The molecule has 0 bridgehead atoms. The average molecular weight is 267 g/mol. The summed E-state index contributed by atoms with van der Waals surface area (Å²) in [5.74, 6) is -1.72. The van der Waals surface area contributed by atoms with Gasteiger partial charge in [0.15, 0.2) is 0 Å². The zero-order valence-electron chi connectivity index (χ0n) is 6.94. The highest BCUT2D eigenvalue weighted by Gasteiger charge is 2.37. The minimum Gasteiger partial charge on any atom is -0.289 e. The minimum absolute atomic E-state index is 0.357. The van der Waals surface area contributed by atoms with E-state index in [1.807, 2.05) is 0 Å². The molecule has 0 atom stereocenters. The van der Waals surface area contributed by atoms with E-state index < -0.39 is 18.4 Å². The van der Waals surface area contributed by atoms with Crippen molar-refractivity contribution in [3.63, 3.8) is 0 Å². The van der Waals surface area contributed by atoms with Crippen LogP contribution in [-0.2, 0) is 11.2 Å². The van der Waals surface area contributed by atoms with Gasteiger partial charge in [0.05, 0.1) is 0 Å². The highest BCUT2D eigenvalue weighted by Crippen LogP contribution is 2.19. The predicted molar refractivity (Wildman–Crippen MR) is 48.9 cm³/mol. The van der Waals surface area contributed by atoms with Crippen LogP contribution in [0.3, 0.4) is 0 Å². The number of hydrogen-bond donors (Lipinski definition) is 0. The van der Waals surface area contributed by atoms with Crippen LogP contribution in [0, 0.1) is 0 Å². The van der Waals surface area contributed by atoms with Crippen LogP contribution in [0.2, 0.25) is 0 Å². The molecule has 0 N–H and O–H groups in total. The summed E-state index contributed by atoms with van der Waals surface area (Å²) in [6.45, 7) is 0. The SMILES string of the molecule is O=C(Cc1ccc(Br)cc1)C(F)(F)F. The van der Waals surface area contributed by atoms with Gasteiger partial charge in [-0.1, -0.05) is 28.1 Å². The van der Waals surface area contributed by atoms with E-state index in [2.05, 4.69) is 15.9 Å². The highest BCUT2D eigenvalue weighted by atomic mass is 79.9. The molecule has 14 heavy (non-hydrogen) atoms. The Labute approximate surface area is 87.1 Å². The van der Waals surface area contributed by atoms with Crippen LogP contribution >= 0.6 is 15.9 Å². The Morgan fingerprint density at radius 2 is 1.71 bits per heavy atom. The van der Waals surface area contributed by atoms with Gasteiger partial charge in [0.2, 0.25) is 5.78 Å². The van der Waals surface area contributed by atoms with Crippen LogP contribution in [0.1, 0.15) is 5.56 Å². The summed E-state index contributed by atoms with van der Waals surface area (Å²) < 4.78 is 36.3. The molecule has 0 amide bonds. The number of Topliss-reactive ketones (excluding diaryl/α,β-unsaturated/α-hetero) is 1. The highest BCUT2D eigenvalue weighted by molar-refractivity contribution is 9.10. The van der Waals surface area contributed by atoms with E-state index in [0.717, 1.165) is 4.47 Å². The van der Waals surface area contributed by atoms with Crippen molar-refractivity contribution in [3.8, 4) is 0 Å². The van der Waals surface area contributed by atoms with Gasteiger partial charge in [-0.15, -0.1) is 0 Å². The molecule has 76 valence electrons. The van der Waals surface area contributed by atoms with Crippen LogP contribution in [0.5, 0.6) is 0 Å². The molecule has 0 spiro atoms. The van der Waals surface area contributed by atoms with E-state index in [-0.39, 0.29) is 0 Å². The maximum Gasteiger partial charge on any atom is 0.450 e. The molecule has 1 aromatic carbocycles. The Hall–Kier alpha value is -0.840. The molecule has 1 nitrogen and oxygen atoms in total. The van der Waals surface area contributed by atoms with Gasteiger partial charge in [0, 0.05) is 10.9 Å². The van der Waals surface area contributed by atoms with Gasteiger partial charge < -0.3 is 0 Å². The van der Waals surface area contributed by atoms with Crippen molar-refractivity contribution in [2.75, 3.05) is 0 Å². The molecule has 0 fully saturated rings. The van der Waals surface area contributed by atoms with E-state index in [4.69, 9.17) is 0 Å². The first kappa shape index (κ1) is 11.2. The first-order chi connectivity index (χ1) is 6.39. The Bertz CT molecular complexity index is 329. The number of ketones is 1. The summed E-state index contributed by atoms with van der Waals surface area (Å²) in [5, 5.41) is 0. The summed E-state index contributed by atoms with van der Waals surface area (Å²) in [5.41, 5.74) is 0.357. The Balaban J connectivity index is 2.71. The first-order valence-electron chi connectivity index (χ1n) is 3.74. The van der Waals surface area contributed by atoms with Crippen molar-refractivity contribution in [1.82, 2.24) is 0 Å². The molecule has 1 aromatic rings. The van der Waals surface area contributed by atoms with E-state index >= 15 is 0 Å². The van der Waals surface area contributed by atoms with Gasteiger partial charge in [-0.05, 0) is 17.7 Å². The second kappa shape index (κ2) is 4.13. The fourth-order valence-electron chi connectivity index (χ4n) is 0.888. The molecule has 1 rings (SSSR count). The number of carbonyl (C=O) groups excluding carboxylic acids is 1. The van der Waals surface area contributed by atoms with Crippen molar-refractivity contribution < 1.29 is 18.0 Å². The van der Waals surface area contributed by atoms with Crippen molar-refractivity contribution in [1.29, 1.82) is 0 Å². The lowest BCUT2D eigenvalue weighted by molar-refractivity contribution is -0.170. The van der Waals surface area contributed by atoms with Crippen LogP contribution in [0.25, 0.3) is 0 Å². The molecule has 0 aliphatic heterocycles. The molecule has 0 aromatic heterocycles. The second-order valence-electron chi connectivity index (χ2n) is 2.72. The third-order valence-electron chi connectivity index (χ3n) is 1.59. The molecule has 0 aliphatic rings. The molecular formula is C9H6BrF3O. The molecule has 5 heteroatoms. The van der Waals surface area contributed by atoms with Crippen LogP contribution in [0.15, 0.2) is 28.7 Å². The lowest BCUT2D eigenvalue weighted by Gasteiger charge is -2.04. The zero-order valence-corrected chi connectivity index (χ0v) is 8.52. The smallest absolute Gasteiger partial charge is 0.289 e. The summed E-state index contributed by atoms with van der Waals surface area (Å²) in [6.07, 6.45) is -5.34. The van der Waals surface area contributed by atoms with Gasteiger partial charge in [-0.2, -0.15) is 13.2 Å². The van der Waals surface area contributed by atoms with E-state index in [1.165, 1.54) is 12.1 Å². The summed E-state index contributed by atoms with van der Waals surface area (Å²) in [4.78, 5) is 10.6. The normalized spacial score (nSPS) is 11.4. The topological polar surface area (TPSA) is 17.1 Å². The lowest BCUT2D eigenvalue weighted by Crippen LogP contribution is -2.24. The fraction of sp³-hybridized carbons (Fsp3) is 0.222. The van der Waals surface area contributed by atoms with Crippen molar-refractivity contribution in [2.24, 2.45) is 0 Å². The molecule has 0 unspecified atom stereocenters. The van der Waals surface area contributed by atoms with Gasteiger partial charge in [-0.3, -0.25) is 4.79 Å². The number of hydrogen-bond acceptors (Lipinski definition) is 1. The Morgan fingerprint density at radius 3 is 2.14 bits per heavy atom. The minimum atomic E-state index is -4.74. The molecule has 0 heterocycles. The third-order valence-corrected chi connectivity index (χ3v) is 2.12. The maximum atomic E-state index is 11.9. The first-order valence-corrected chi connectivity index (χ1v) is 4.53. The van der Waals surface area contributed by atoms with Crippen molar-refractivity contribution in [2.45, 2.75) is 12.6 Å². The monoisotopic (exact) mass is 266 g/mol. The van der Waals surface area contributed by atoms with Crippen molar-refractivity contribution in [3.05, 3.63) is 34.3 Å². The van der Waals surface area contributed by atoms with Gasteiger partial charge in [0.1, 0.15) is 0 Å². The number of alkyl halides is 3. The number of benzene rings is 1. The quantitative estimate of drug-likeness (QED) is 0.804. The van der Waals surface area contributed by atoms with Crippen LogP contribution in [-0.4, -0.2) is 12.0 Å². The average Bonchev–Trinajstić information content (AvgIpc) is 2.07. The molecule has 0 saturated carbocycles. The fourth-order valence-corrected chi connectivity index (χ4v) is 1.15. The number of rotatable bonds is 2. The van der Waals surface area contributed by atoms with Crippen LogP contribution < -0.4 is 0 Å². The third kappa shape index (κ3) is 3.14. The standard InChI is InChI=1S/C9H6BrF3O/c10-7-3-1-6(2-4-7)5-8(14)9(11,12)13/h1-4H,5H2. The summed E-state index contributed by atoms with van der Waals surface area (Å²) in [6, 6.07) is 6.15. The van der Waals surface area contributed by atoms with Gasteiger partial charge in [0.25, 0.3) is 0 Å². The second-order valence-corrected chi connectivity index (χ2v) is 3.64. The zero-order chi connectivity index (χ0) is 10.8. The molecule has 0 saturated heterocycles. The lowest BCUT2D eigenvalue weighted by atomic mass is 10.1. The number of halogens is 4. The van der Waals surface area contributed by atoms with Crippen LogP contribution in [0.4, 0.5) is 13.2 Å². The van der Waals surface area contributed by atoms with E-state index in [9.17, 15) is 18.0 Å². The van der Waals surface area contributed by atoms with Gasteiger partial charge in [-0.25, -0.2) is 0 Å². The van der Waals surface area contributed by atoms with Crippen molar-refractivity contribution >= 4 is 21.7 Å². The Kier molecular flexibility index (Phi) is 3.31. The molecule has 0 aliphatic carbocycles. The predicted octanol–water partition coefficient (Wildman–Crippen LogP) is 3.12. The van der Waals surface area contributed by atoms with Gasteiger partial charge >= 0.3 is 6.18 Å². The number of carbonyl (C=O) groups is 1. The van der Waals surface area contributed by atoms with E-state index in [0.29, 0.717) is 5.56 Å². The Morgan fingerprint density at radius 1 is 1.21 bits per heavy atom. The summed E-state index contributed by atoms with van der Waals surface area (Å²) in [7, 11) is 0. The summed E-state index contributed by atoms with van der Waals surface area (Å²) >= 11 is 3.14. The molecule has 0 radical (unpaired) electrons. The maximum absolute atomic E-state index is 11.9. The molecular weight excluding hydrogens is 261 g/mol. The van der Waals surface area contributed by atoms with E-state index in [1.54, 1.807) is 12.1 Å². The largest absolute Gasteiger partial charge is 0.450 e.